The van der Waals surface area contributed by atoms with E-state index in [1.54, 1.807) is 0 Å². The maximum absolute atomic E-state index is 6.42. The number of aryl methyl sites for hydroxylation is 8. The minimum Gasteiger partial charge on any atom is -0.409 e. The van der Waals surface area contributed by atoms with Crippen molar-refractivity contribution in [2.75, 3.05) is 0 Å². The van der Waals surface area contributed by atoms with Crippen LogP contribution < -0.4 is 27.1 Å². The summed E-state index contributed by atoms with van der Waals surface area (Å²) in [6.07, 6.45) is 0. The van der Waals surface area contributed by atoms with E-state index in [1.165, 1.54) is 0 Å². The third-order valence-corrected chi connectivity index (χ3v) is 9.53. The van der Waals surface area contributed by atoms with E-state index in [9.17, 15) is 0 Å². The van der Waals surface area contributed by atoms with Crippen LogP contribution in [0.15, 0.2) is 97.1 Å². The highest BCUT2D eigenvalue weighted by atomic mass is 31.2. The van der Waals surface area contributed by atoms with Crippen molar-refractivity contribution < 1.29 is 27.1 Å². The van der Waals surface area contributed by atoms with Gasteiger partial charge in [0.1, 0.15) is 34.5 Å². The molecular formula is C38H40O6P2. The molecule has 0 aliphatic heterocycles. The quantitative estimate of drug-likeness (QED) is 0.125. The van der Waals surface area contributed by atoms with E-state index in [4.69, 9.17) is 27.1 Å². The number of benzene rings is 5. The smallest absolute Gasteiger partial charge is 0.409 e. The maximum Gasteiger partial charge on any atom is 0.530 e. The molecule has 0 N–H and O–H groups in total. The van der Waals surface area contributed by atoms with Gasteiger partial charge >= 0.3 is 17.2 Å². The van der Waals surface area contributed by atoms with Crippen LogP contribution >= 0.6 is 17.2 Å². The fourth-order valence-electron chi connectivity index (χ4n) is 4.92. The Balaban J connectivity index is 1.39. The van der Waals surface area contributed by atoms with Gasteiger partial charge in [-0.25, -0.2) is 0 Å². The average Bonchev–Trinajstić information content (AvgIpc) is 3.01. The van der Waals surface area contributed by atoms with Gasteiger partial charge in [-0.2, -0.15) is 0 Å². The molecule has 0 fully saturated rings. The van der Waals surface area contributed by atoms with Crippen LogP contribution in [0.25, 0.3) is 0 Å². The molecule has 0 radical (unpaired) electrons. The Morgan fingerprint density at radius 2 is 0.478 bits per heavy atom. The van der Waals surface area contributed by atoms with Crippen LogP contribution in [0.1, 0.15) is 44.5 Å². The molecule has 5 rings (SSSR count). The third kappa shape index (κ3) is 8.12. The van der Waals surface area contributed by atoms with E-state index in [0.29, 0.717) is 11.5 Å². The van der Waals surface area contributed by atoms with Crippen molar-refractivity contribution in [1.29, 1.82) is 0 Å². The summed E-state index contributed by atoms with van der Waals surface area (Å²) >= 11 is 0. The SMILES string of the molecule is Cc1cccc(C)c1OP(Oc1ccc(OP(Oc2c(C)cccc2C)Oc2c(C)cccc2C)cc1)Oc1c(C)cccc1C. The predicted octanol–water partition coefficient (Wildman–Crippen LogP) is 11.7. The van der Waals surface area contributed by atoms with Crippen LogP contribution in [0.4, 0.5) is 0 Å². The molecular weight excluding hydrogens is 614 g/mol. The van der Waals surface area contributed by atoms with Crippen molar-refractivity contribution in [2.24, 2.45) is 0 Å². The molecule has 46 heavy (non-hydrogen) atoms. The standard InChI is InChI=1S/C38H40O6P2/c1-25-13-9-14-26(2)35(25)41-45(42-36-27(3)15-10-16-28(36)4)39-33-21-23-34(24-22-33)40-46(43-37-29(5)17-11-18-30(37)6)44-38-31(7)19-12-20-32(38)8/h9-24H,1-8H3. The number of hydrogen-bond donors (Lipinski definition) is 0. The molecule has 238 valence electrons. The van der Waals surface area contributed by atoms with Crippen LogP contribution in [0, 0.1) is 55.4 Å². The topological polar surface area (TPSA) is 55.4 Å². The van der Waals surface area contributed by atoms with Crippen molar-refractivity contribution >= 4 is 17.2 Å². The zero-order chi connectivity index (χ0) is 32.8. The monoisotopic (exact) mass is 654 g/mol. The Morgan fingerprint density at radius 1 is 0.283 bits per heavy atom. The van der Waals surface area contributed by atoms with Crippen LogP contribution in [0.3, 0.4) is 0 Å². The number of para-hydroxylation sites is 4. The van der Waals surface area contributed by atoms with Crippen molar-refractivity contribution in [3.63, 3.8) is 0 Å². The summed E-state index contributed by atoms with van der Waals surface area (Å²) in [5, 5.41) is 0. The van der Waals surface area contributed by atoms with Gasteiger partial charge in [0.15, 0.2) is 0 Å². The molecule has 8 heteroatoms. The minimum absolute atomic E-state index is 0.576. The van der Waals surface area contributed by atoms with Crippen molar-refractivity contribution in [3.05, 3.63) is 142 Å². The first-order valence-electron chi connectivity index (χ1n) is 15.1. The van der Waals surface area contributed by atoms with E-state index in [2.05, 4.69) is 0 Å². The van der Waals surface area contributed by atoms with Gasteiger partial charge in [0.05, 0.1) is 0 Å². The summed E-state index contributed by atoms with van der Waals surface area (Å²) in [6, 6.07) is 31.5. The summed E-state index contributed by atoms with van der Waals surface area (Å²) < 4.78 is 38.4. The molecule has 0 aromatic heterocycles. The summed E-state index contributed by atoms with van der Waals surface area (Å²) in [5.41, 5.74) is 8.05. The van der Waals surface area contributed by atoms with Gasteiger partial charge in [-0.3, -0.25) is 0 Å². The second-order valence-electron chi connectivity index (χ2n) is 11.4. The van der Waals surface area contributed by atoms with Crippen LogP contribution in [-0.2, 0) is 0 Å². The number of rotatable bonds is 12. The van der Waals surface area contributed by atoms with Crippen LogP contribution in [0.5, 0.6) is 34.5 Å². The zero-order valence-corrected chi connectivity index (χ0v) is 29.4. The van der Waals surface area contributed by atoms with Crippen molar-refractivity contribution in [3.8, 4) is 34.5 Å². The second kappa shape index (κ2) is 14.9. The van der Waals surface area contributed by atoms with Crippen LogP contribution in [0.2, 0.25) is 0 Å². The molecule has 0 atom stereocenters. The Kier molecular flexibility index (Phi) is 10.7. The molecule has 0 spiro atoms. The lowest BCUT2D eigenvalue weighted by Gasteiger charge is -2.22. The van der Waals surface area contributed by atoms with E-state index >= 15 is 0 Å². The Labute approximate surface area is 275 Å². The lowest BCUT2D eigenvalue weighted by molar-refractivity contribution is 0.379. The molecule has 5 aromatic rings. The highest BCUT2D eigenvalue weighted by molar-refractivity contribution is 7.43. The Morgan fingerprint density at radius 3 is 0.674 bits per heavy atom. The fourth-order valence-corrected chi connectivity index (χ4v) is 7.48. The fraction of sp³-hybridized carbons (Fsp3) is 0.211. The first-order valence-corrected chi connectivity index (χ1v) is 17.3. The van der Waals surface area contributed by atoms with Gasteiger partial charge in [0.2, 0.25) is 0 Å². The lowest BCUT2D eigenvalue weighted by atomic mass is 10.1. The highest BCUT2D eigenvalue weighted by Gasteiger charge is 2.26. The van der Waals surface area contributed by atoms with Gasteiger partial charge < -0.3 is 27.1 Å². The minimum atomic E-state index is -1.85. The van der Waals surface area contributed by atoms with E-state index < -0.39 is 17.2 Å². The normalized spacial score (nSPS) is 11.0. The summed E-state index contributed by atoms with van der Waals surface area (Å²) in [4.78, 5) is 0. The summed E-state index contributed by atoms with van der Waals surface area (Å²) in [5.74, 6) is 4.14. The molecule has 6 nitrogen and oxygen atoms in total. The van der Waals surface area contributed by atoms with E-state index in [0.717, 1.165) is 67.5 Å². The highest BCUT2D eigenvalue weighted by Crippen LogP contribution is 2.48. The van der Waals surface area contributed by atoms with Gasteiger partial charge in [-0.15, -0.1) is 0 Å². The van der Waals surface area contributed by atoms with Gasteiger partial charge in [0.25, 0.3) is 0 Å². The van der Waals surface area contributed by atoms with E-state index in [-0.39, 0.29) is 0 Å². The Bertz CT molecular complexity index is 1480. The van der Waals surface area contributed by atoms with Crippen LogP contribution in [-0.4, -0.2) is 0 Å². The average molecular weight is 655 g/mol. The molecule has 5 aromatic carbocycles. The summed E-state index contributed by atoms with van der Waals surface area (Å²) in [7, 11) is -3.70. The zero-order valence-electron chi connectivity index (χ0n) is 27.6. The molecule has 0 saturated heterocycles. The van der Waals surface area contributed by atoms with Crippen molar-refractivity contribution in [2.45, 2.75) is 55.4 Å². The molecule has 0 aliphatic carbocycles. The van der Waals surface area contributed by atoms with Gasteiger partial charge in [-0.05, 0) is 124 Å². The molecule has 0 bridgehead atoms. The molecule has 0 amide bonds. The largest absolute Gasteiger partial charge is 0.530 e. The van der Waals surface area contributed by atoms with E-state index in [1.807, 2.05) is 152 Å². The third-order valence-electron chi connectivity index (χ3n) is 7.48. The van der Waals surface area contributed by atoms with Crippen molar-refractivity contribution in [1.82, 2.24) is 0 Å². The second-order valence-corrected chi connectivity index (χ2v) is 13.3. The molecule has 0 heterocycles. The predicted molar refractivity (Wildman–Crippen MR) is 188 cm³/mol. The van der Waals surface area contributed by atoms with Gasteiger partial charge in [0, 0.05) is 0 Å². The first-order chi connectivity index (χ1) is 22.1. The van der Waals surface area contributed by atoms with Gasteiger partial charge in [-0.1, -0.05) is 72.8 Å². The summed E-state index contributed by atoms with van der Waals surface area (Å²) in [6.45, 7) is 16.1. The maximum atomic E-state index is 6.42. The molecule has 0 unspecified atom stereocenters. The number of hydrogen-bond acceptors (Lipinski definition) is 6. The first kappa shape index (κ1) is 33.1. The Hall–Kier alpha value is -4.24. The molecule has 0 aliphatic rings. The molecule has 0 saturated carbocycles. The lowest BCUT2D eigenvalue weighted by Crippen LogP contribution is -2.06.